The number of para-hydroxylation sites is 1. The molecule has 0 spiro atoms. The van der Waals surface area contributed by atoms with Crippen LogP contribution in [0.4, 0.5) is 8.78 Å². The van der Waals surface area contributed by atoms with Gasteiger partial charge in [-0.15, -0.1) is 22.9 Å². The highest BCUT2D eigenvalue weighted by Crippen LogP contribution is 2.41. The normalized spacial score (nSPS) is 12.7. The van der Waals surface area contributed by atoms with Gasteiger partial charge in [0.05, 0.1) is 9.71 Å². The topological polar surface area (TPSA) is 9.23 Å². The first-order valence-corrected chi connectivity index (χ1v) is 7.05. The summed E-state index contributed by atoms with van der Waals surface area (Å²) >= 11 is 13.7. The number of aryl methyl sites for hydroxylation is 1. The zero-order chi connectivity index (χ0) is 14.0. The van der Waals surface area contributed by atoms with Crippen molar-refractivity contribution in [1.29, 1.82) is 0 Å². The molecule has 0 saturated carbocycles. The van der Waals surface area contributed by atoms with E-state index in [2.05, 4.69) is 4.74 Å². The minimum absolute atomic E-state index is 0.0830. The fourth-order valence-electron chi connectivity index (χ4n) is 1.65. The summed E-state index contributed by atoms with van der Waals surface area (Å²) in [5, 5.41) is -0.564. The molecule has 0 N–H and O–H groups in total. The molecule has 1 heterocycles. The minimum atomic E-state index is -2.88. The van der Waals surface area contributed by atoms with Gasteiger partial charge in [0.1, 0.15) is 5.75 Å². The Kier molecular flexibility index (Phi) is 4.66. The van der Waals surface area contributed by atoms with E-state index < -0.39 is 12.0 Å². The highest BCUT2D eigenvalue weighted by atomic mass is 35.5. The summed E-state index contributed by atoms with van der Waals surface area (Å²) < 4.78 is 29.8. The zero-order valence-electron chi connectivity index (χ0n) is 9.87. The number of thiophene rings is 1. The van der Waals surface area contributed by atoms with Gasteiger partial charge in [-0.1, -0.05) is 29.8 Å². The summed E-state index contributed by atoms with van der Waals surface area (Å²) in [6, 6.07) is 8.34. The Bertz CT molecular complexity index is 552. The van der Waals surface area contributed by atoms with Crippen molar-refractivity contribution in [2.45, 2.75) is 18.9 Å². The van der Waals surface area contributed by atoms with Gasteiger partial charge >= 0.3 is 6.61 Å². The molecule has 0 aliphatic rings. The maximum absolute atomic E-state index is 12.4. The molecule has 1 aromatic carbocycles. The quantitative estimate of drug-likeness (QED) is 0.662. The summed E-state index contributed by atoms with van der Waals surface area (Å²) in [5.74, 6) is 0.0830. The van der Waals surface area contributed by atoms with Gasteiger partial charge in [0.2, 0.25) is 0 Å². The molecular formula is C13H10Cl2F2OS. The molecule has 2 aromatic rings. The summed E-state index contributed by atoms with van der Waals surface area (Å²) in [4.78, 5) is 0.800. The van der Waals surface area contributed by atoms with Crippen molar-refractivity contribution in [2.75, 3.05) is 0 Å². The Balaban J connectivity index is 2.35. The Hall–Kier alpha value is -0.840. The monoisotopic (exact) mass is 322 g/mol. The van der Waals surface area contributed by atoms with Crippen molar-refractivity contribution in [1.82, 2.24) is 0 Å². The summed E-state index contributed by atoms with van der Waals surface area (Å²) in [6.07, 6.45) is 0. The van der Waals surface area contributed by atoms with Crippen LogP contribution < -0.4 is 4.74 Å². The van der Waals surface area contributed by atoms with Crippen LogP contribution >= 0.6 is 34.5 Å². The molecule has 0 aliphatic carbocycles. The van der Waals surface area contributed by atoms with Crippen LogP contribution in [0.3, 0.4) is 0 Å². The number of hydrogen-bond donors (Lipinski definition) is 0. The number of hydrogen-bond acceptors (Lipinski definition) is 2. The highest BCUT2D eigenvalue weighted by molar-refractivity contribution is 7.16. The lowest BCUT2D eigenvalue weighted by molar-refractivity contribution is -0.0504. The van der Waals surface area contributed by atoms with E-state index >= 15 is 0 Å². The molecule has 2 rings (SSSR count). The third-order valence-corrected chi connectivity index (χ3v) is 4.75. The van der Waals surface area contributed by atoms with Gasteiger partial charge in [0.15, 0.2) is 0 Å². The van der Waals surface area contributed by atoms with Crippen LogP contribution in [0.15, 0.2) is 30.3 Å². The van der Waals surface area contributed by atoms with Crippen LogP contribution in [0.25, 0.3) is 0 Å². The number of rotatable bonds is 4. The van der Waals surface area contributed by atoms with Crippen LogP contribution in [-0.4, -0.2) is 6.61 Å². The molecule has 0 saturated heterocycles. The van der Waals surface area contributed by atoms with Gasteiger partial charge < -0.3 is 4.74 Å². The first-order chi connectivity index (χ1) is 8.99. The van der Waals surface area contributed by atoms with Crippen LogP contribution in [0.2, 0.25) is 4.34 Å². The SMILES string of the molecule is Cc1cc(C(Cl)c2ccccc2OC(F)F)sc1Cl. The van der Waals surface area contributed by atoms with E-state index in [9.17, 15) is 8.78 Å². The molecule has 1 unspecified atom stereocenters. The van der Waals surface area contributed by atoms with Gasteiger partial charge in [-0.2, -0.15) is 8.78 Å². The van der Waals surface area contributed by atoms with Crippen molar-refractivity contribution in [3.8, 4) is 5.75 Å². The molecule has 1 atom stereocenters. The molecule has 1 aromatic heterocycles. The van der Waals surface area contributed by atoms with Crippen LogP contribution in [-0.2, 0) is 0 Å². The minimum Gasteiger partial charge on any atom is -0.434 e. The van der Waals surface area contributed by atoms with Crippen molar-refractivity contribution < 1.29 is 13.5 Å². The smallest absolute Gasteiger partial charge is 0.387 e. The Labute approximate surface area is 123 Å². The molecule has 102 valence electrons. The van der Waals surface area contributed by atoms with Gasteiger partial charge in [0.25, 0.3) is 0 Å². The van der Waals surface area contributed by atoms with Gasteiger partial charge in [-0.25, -0.2) is 0 Å². The van der Waals surface area contributed by atoms with Crippen LogP contribution in [0.5, 0.6) is 5.75 Å². The second-order valence-electron chi connectivity index (χ2n) is 3.88. The standard InChI is InChI=1S/C13H10Cl2F2OS/c1-7-6-10(19-12(7)15)11(14)8-4-2-3-5-9(8)18-13(16)17/h2-6,11,13H,1H3. The summed E-state index contributed by atoms with van der Waals surface area (Å²) in [6.45, 7) is -1.01. The second-order valence-corrected chi connectivity index (χ2v) is 6.01. The number of alkyl halides is 3. The average molecular weight is 323 g/mol. The Morgan fingerprint density at radius 3 is 2.53 bits per heavy atom. The van der Waals surface area contributed by atoms with Gasteiger partial charge in [0, 0.05) is 10.4 Å². The molecule has 6 heteroatoms. The fourth-order valence-corrected chi connectivity index (χ4v) is 3.25. The predicted molar refractivity (Wildman–Crippen MR) is 74.8 cm³/mol. The van der Waals surface area contributed by atoms with E-state index in [1.165, 1.54) is 17.4 Å². The third-order valence-electron chi connectivity index (χ3n) is 2.53. The largest absolute Gasteiger partial charge is 0.434 e. The molecule has 0 bridgehead atoms. The van der Waals surface area contributed by atoms with E-state index in [0.717, 1.165) is 10.4 Å². The number of benzene rings is 1. The van der Waals surface area contributed by atoms with Crippen molar-refractivity contribution in [2.24, 2.45) is 0 Å². The molecule has 19 heavy (non-hydrogen) atoms. The third kappa shape index (κ3) is 3.38. The van der Waals surface area contributed by atoms with Crippen molar-refractivity contribution in [3.05, 3.63) is 50.7 Å². The molecule has 0 amide bonds. The van der Waals surface area contributed by atoms with Crippen LogP contribution in [0, 0.1) is 6.92 Å². The van der Waals surface area contributed by atoms with E-state index in [1.54, 1.807) is 18.2 Å². The first-order valence-electron chi connectivity index (χ1n) is 5.42. The van der Waals surface area contributed by atoms with Crippen molar-refractivity contribution in [3.63, 3.8) is 0 Å². The lowest BCUT2D eigenvalue weighted by Crippen LogP contribution is -2.05. The maximum atomic E-state index is 12.4. The van der Waals surface area contributed by atoms with Gasteiger partial charge in [-0.3, -0.25) is 0 Å². The Morgan fingerprint density at radius 2 is 1.95 bits per heavy atom. The molecular weight excluding hydrogens is 313 g/mol. The molecule has 0 aliphatic heterocycles. The Morgan fingerprint density at radius 1 is 1.26 bits per heavy atom. The first kappa shape index (κ1) is 14.6. The molecule has 0 radical (unpaired) electrons. The number of ether oxygens (including phenoxy) is 1. The van der Waals surface area contributed by atoms with Crippen molar-refractivity contribution >= 4 is 34.5 Å². The summed E-state index contributed by atoms with van der Waals surface area (Å²) in [5.41, 5.74) is 1.42. The highest BCUT2D eigenvalue weighted by Gasteiger charge is 2.20. The molecule has 1 nitrogen and oxygen atoms in total. The fraction of sp³-hybridized carbons (Fsp3) is 0.231. The second kappa shape index (κ2) is 6.07. The van der Waals surface area contributed by atoms with E-state index in [-0.39, 0.29) is 5.75 Å². The van der Waals surface area contributed by atoms with E-state index in [1.807, 2.05) is 13.0 Å². The molecule has 0 fully saturated rings. The zero-order valence-corrected chi connectivity index (χ0v) is 12.2. The predicted octanol–water partition coefficient (Wildman–Crippen LogP) is 5.64. The van der Waals surface area contributed by atoms with Crippen LogP contribution in [0.1, 0.15) is 21.4 Å². The lowest BCUT2D eigenvalue weighted by atomic mass is 10.1. The number of halogens is 4. The summed E-state index contributed by atoms with van der Waals surface area (Å²) in [7, 11) is 0. The maximum Gasteiger partial charge on any atom is 0.387 e. The lowest BCUT2D eigenvalue weighted by Gasteiger charge is -2.13. The average Bonchev–Trinajstić information content (AvgIpc) is 2.69. The van der Waals surface area contributed by atoms with Gasteiger partial charge in [-0.05, 0) is 24.6 Å². The van der Waals surface area contributed by atoms with E-state index in [0.29, 0.717) is 9.90 Å². The van der Waals surface area contributed by atoms with E-state index in [4.69, 9.17) is 23.2 Å².